The Labute approximate surface area is 93.9 Å². The van der Waals surface area contributed by atoms with E-state index in [2.05, 4.69) is 4.98 Å². The summed E-state index contributed by atoms with van der Waals surface area (Å²) < 4.78 is 7.09. The Morgan fingerprint density at radius 1 is 1.38 bits per heavy atom. The van der Waals surface area contributed by atoms with E-state index in [4.69, 9.17) is 4.74 Å². The maximum atomic E-state index is 11.9. The molecule has 0 saturated carbocycles. The van der Waals surface area contributed by atoms with Crippen molar-refractivity contribution in [2.75, 3.05) is 0 Å². The van der Waals surface area contributed by atoms with Crippen LogP contribution in [0.3, 0.4) is 0 Å². The van der Waals surface area contributed by atoms with E-state index in [9.17, 15) is 4.79 Å². The van der Waals surface area contributed by atoms with E-state index in [1.54, 1.807) is 22.9 Å². The van der Waals surface area contributed by atoms with E-state index in [-0.39, 0.29) is 5.97 Å². The lowest BCUT2D eigenvalue weighted by molar-refractivity contribution is 0.00717. The number of fused-ring (bicyclic) bond motifs is 1. The number of hydrogen-bond acceptors (Lipinski definition) is 3. The molecule has 0 aliphatic heterocycles. The second kappa shape index (κ2) is 3.63. The van der Waals surface area contributed by atoms with Crippen LogP contribution in [0.5, 0.6) is 0 Å². The van der Waals surface area contributed by atoms with Gasteiger partial charge in [0.1, 0.15) is 11.2 Å². The minimum atomic E-state index is -0.486. The van der Waals surface area contributed by atoms with Gasteiger partial charge >= 0.3 is 5.97 Å². The number of hydrogen-bond donors (Lipinski definition) is 0. The van der Waals surface area contributed by atoms with Crippen molar-refractivity contribution >= 4 is 11.6 Å². The van der Waals surface area contributed by atoms with Crippen LogP contribution in [0.25, 0.3) is 5.65 Å². The molecule has 0 unspecified atom stereocenters. The van der Waals surface area contributed by atoms with Gasteiger partial charge in [0.15, 0.2) is 5.65 Å². The van der Waals surface area contributed by atoms with E-state index in [0.717, 1.165) is 0 Å². The summed E-state index contributed by atoms with van der Waals surface area (Å²) in [5.74, 6) is -0.339. The molecule has 16 heavy (non-hydrogen) atoms. The van der Waals surface area contributed by atoms with Gasteiger partial charge in [0.25, 0.3) is 0 Å². The van der Waals surface area contributed by atoms with Crippen molar-refractivity contribution in [3.05, 3.63) is 36.3 Å². The van der Waals surface area contributed by atoms with Gasteiger partial charge in [-0.1, -0.05) is 0 Å². The standard InChI is InChI=1S/C12H14N2O2/c1-12(2,3)16-11(15)9-5-8-14-7-4-6-13-10(9)14/h4-8H,1-3H3. The van der Waals surface area contributed by atoms with Crippen molar-refractivity contribution < 1.29 is 9.53 Å². The Kier molecular flexibility index (Phi) is 2.42. The highest BCUT2D eigenvalue weighted by molar-refractivity contribution is 5.96. The fraction of sp³-hybridized carbons (Fsp3) is 0.333. The molecule has 0 radical (unpaired) electrons. The zero-order valence-electron chi connectivity index (χ0n) is 9.60. The predicted molar refractivity (Wildman–Crippen MR) is 60.4 cm³/mol. The third-order valence-electron chi connectivity index (χ3n) is 2.04. The first-order valence-electron chi connectivity index (χ1n) is 5.12. The van der Waals surface area contributed by atoms with Crippen molar-refractivity contribution in [2.45, 2.75) is 26.4 Å². The highest BCUT2D eigenvalue weighted by Gasteiger charge is 2.20. The highest BCUT2D eigenvalue weighted by Crippen LogP contribution is 2.15. The Balaban J connectivity index is 2.37. The Morgan fingerprint density at radius 2 is 2.12 bits per heavy atom. The van der Waals surface area contributed by atoms with Crippen LogP contribution in [-0.2, 0) is 4.74 Å². The summed E-state index contributed by atoms with van der Waals surface area (Å²) in [7, 11) is 0. The van der Waals surface area contributed by atoms with E-state index in [1.165, 1.54) is 0 Å². The van der Waals surface area contributed by atoms with Gasteiger partial charge in [0.05, 0.1) is 0 Å². The maximum absolute atomic E-state index is 11.9. The lowest BCUT2D eigenvalue weighted by atomic mass is 10.2. The Hall–Kier alpha value is -1.84. The largest absolute Gasteiger partial charge is 0.456 e. The van der Waals surface area contributed by atoms with Crippen molar-refractivity contribution in [3.8, 4) is 0 Å². The molecule has 84 valence electrons. The molecule has 2 rings (SSSR count). The lowest BCUT2D eigenvalue weighted by Gasteiger charge is -2.18. The normalized spacial score (nSPS) is 11.7. The Morgan fingerprint density at radius 3 is 2.81 bits per heavy atom. The van der Waals surface area contributed by atoms with Gasteiger partial charge in [-0.15, -0.1) is 0 Å². The van der Waals surface area contributed by atoms with Crippen molar-refractivity contribution in [1.82, 2.24) is 9.38 Å². The molecule has 0 fully saturated rings. The number of carbonyl (C=O) groups is 1. The highest BCUT2D eigenvalue weighted by atomic mass is 16.6. The molecule has 2 aromatic rings. The topological polar surface area (TPSA) is 43.6 Å². The van der Waals surface area contributed by atoms with Gasteiger partial charge < -0.3 is 9.14 Å². The lowest BCUT2D eigenvalue weighted by Crippen LogP contribution is -2.23. The number of carbonyl (C=O) groups excluding carboxylic acids is 1. The summed E-state index contributed by atoms with van der Waals surface area (Å²) in [4.78, 5) is 16.0. The third-order valence-corrected chi connectivity index (χ3v) is 2.04. The number of ether oxygens (including phenoxy) is 1. The second-order valence-corrected chi connectivity index (χ2v) is 4.58. The molecule has 2 aromatic heterocycles. The zero-order chi connectivity index (χ0) is 11.8. The zero-order valence-corrected chi connectivity index (χ0v) is 9.60. The van der Waals surface area contributed by atoms with Gasteiger partial charge in [-0.25, -0.2) is 9.78 Å². The molecule has 0 spiro atoms. The van der Waals surface area contributed by atoms with Gasteiger partial charge in [0.2, 0.25) is 0 Å². The number of esters is 1. The van der Waals surface area contributed by atoms with Crippen LogP contribution in [0.15, 0.2) is 30.7 Å². The summed E-state index contributed by atoms with van der Waals surface area (Å²) in [6.45, 7) is 5.53. The van der Waals surface area contributed by atoms with Gasteiger partial charge in [-0.3, -0.25) is 0 Å². The molecular weight excluding hydrogens is 204 g/mol. The van der Waals surface area contributed by atoms with Crippen LogP contribution >= 0.6 is 0 Å². The monoisotopic (exact) mass is 218 g/mol. The Bertz CT molecular complexity index is 523. The molecule has 0 atom stereocenters. The summed E-state index contributed by atoms with van der Waals surface area (Å²) in [6, 6.07) is 3.53. The van der Waals surface area contributed by atoms with Gasteiger partial charge in [-0.2, -0.15) is 0 Å². The average molecular weight is 218 g/mol. The first kappa shape index (κ1) is 10.7. The molecule has 0 aromatic carbocycles. The molecule has 0 N–H and O–H groups in total. The molecule has 2 heterocycles. The van der Waals surface area contributed by atoms with Crippen molar-refractivity contribution in [2.24, 2.45) is 0 Å². The molecule has 4 heteroatoms. The maximum Gasteiger partial charge on any atom is 0.342 e. The van der Waals surface area contributed by atoms with Crippen LogP contribution in [0.2, 0.25) is 0 Å². The van der Waals surface area contributed by atoms with Crippen LogP contribution in [-0.4, -0.2) is 21.0 Å². The molecule has 0 amide bonds. The van der Waals surface area contributed by atoms with Crippen LogP contribution in [0.1, 0.15) is 31.1 Å². The predicted octanol–water partition coefficient (Wildman–Crippen LogP) is 2.29. The van der Waals surface area contributed by atoms with Crippen molar-refractivity contribution in [1.29, 1.82) is 0 Å². The van der Waals surface area contributed by atoms with E-state index in [1.807, 2.05) is 33.0 Å². The van der Waals surface area contributed by atoms with Gasteiger partial charge in [0, 0.05) is 18.6 Å². The molecule has 4 nitrogen and oxygen atoms in total. The fourth-order valence-electron chi connectivity index (χ4n) is 1.43. The van der Waals surface area contributed by atoms with Crippen molar-refractivity contribution in [3.63, 3.8) is 0 Å². The molecular formula is C12H14N2O2. The van der Waals surface area contributed by atoms with E-state index >= 15 is 0 Å². The summed E-state index contributed by atoms with van der Waals surface area (Å²) in [5, 5.41) is 0. The van der Waals surface area contributed by atoms with Gasteiger partial charge in [-0.05, 0) is 32.9 Å². The van der Waals surface area contributed by atoms with Crippen LogP contribution in [0.4, 0.5) is 0 Å². The summed E-state index contributed by atoms with van der Waals surface area (Å²) >= 11 is 0. The van der Waals surface area contributed by atoms with E-state index < -0.39 is 5.60 Å². The van der Waals surface area contributed by atoms with Crippen LogP contribution < -0.4 is 0 Å². The quantitative estimate of drug-likeness (QED) is 0.690. The average Bonchev–Trinajstić information content (AvgIpc) is 2.58. The first-order chi connectivity index (χ1) is 7.47. The number of rotatable bonds is 1. The minimum Gasteiger partial charge on any atom is -0.456 e. The number of aromatic nitrogens is 2. The fourth-order valence-corrected chi connectivity index (χ4v) is 1.43. The minimum absolute atomic E-state index is 0.339. The third kappa shape index (κ3) is 2.05. The SMILES string of the molecule is CC(C)(C)OC(=O)c1ccn2cccnc12. The molecule has 0 bridgehead atoms. The van der Waals surface area contributed by atoms with Crippen LogP contribution in [0, 0.1) is 0 Å². The van der Waals surface area contributed by atoms with E-state index in [0.29, 0.717) is 11.2 Å². The smallest absolute Gasteiger partial charge is 0.342 e. The number of nitrogens with zero attached hydrogens (tertiary/aromatic N) is 2. The molecule has 0 aliphatic rings. The molecule has 0 aliphatic carbocycles. The molecule has 0 saturated heterocycles. The summed E-state index contributed by atoms with van der Waals surface area (Å²) in [6.07, 6.45) is 5.29. The first-order valence-corrected chi connectivity index (χ1v) is 5.12. The second-order valence-electron chi connectivity index (χ2n) is 4.58. The summed E-state index contributed by atoms with van der Waals surface area (Å²) in [5.41, 5.74) is 0.632.